The highest BCUT2D eigenvalue weighted by molar-refractivity contribution is 6.21. The third kappa shape index (κ3) is 6.99. The van der Waals surface area contributed by atoms with Crippen LogP contribution in [0.25, 0.3) is 0 Å². The number of carbonyl (C=O) groups excluding carboxylic acids is 5. The second kappa shape index (κ2) is 12.5. The average Bonchev–Trinajstić information content (AvgIpc) is 3.11. The molecule has 0 spiro atoms. The molecule has 1 N–H and O–H groups in total. The largest absolute Gasteiger partial charge is 0.462 e. The summed E-state index contributed by atoms with van der Waals surface area (Å²) in [5.41, 5.74) is 1.69. The first kappa shape index (κ1) is 25.6. The van der Waals surface area contributed by atoms with Gasteiger partial charge in [0.2, 0.25) is 0 Å². The Labute approximate surface area is 203 Å². The minimum atomic E-state index is -0.505. The van der Waals surface area contributed by atoms with Crippen LogP contribution in [-0.4, -0.2) is 54.3 Å². The summed E-state index contributed by atoms with van der Waals surface area (Å²) in [5, 5.41) is 2.59. The Balaban J connectivity index is 1.29. The van der Waals surface area contributed by atoms with Crippen molar-refractivity contribution in [2.45, 2.75) is 39.0 Å². The van der Waals surface area contributed by atoms with Crippen molar-refractivity contribution >= 4 is 35.3 Å². The minimum Gasteiger partial charge on any atom is -0.462 e. The number of carbonyl (C=O) groups is 5. The highest BCUT2D eigenvalue weighted by atomic mass is 16.5. The Morgan fingerprint density at radius 2 is 1.51 bits per heavy atom. The Kier molecular flexibility index (Phi) is 9.11. The first-order chi connectivity index (χ1) is 16.9. The molecular weight excluding hydrogens is 452 g/mol. The van der Waals surface area contributed by atoms with Gasteiger partial charge in [-0.3, -0.25) is 24.1 Å². The molecule has 1 heterocycles. The van der Waals surface area contributed by atoms with E-state index < -0.39 is 24.5 Å². The molecule has 1 aliphatic rings. The van der Waals surface area contributed by atoms with E-state index in [0.29, 0.717) is 54.8 Å². The fourth-order valence-corrected chi connectivity index (χ4v) is 3.54. The monoisotopic (exact) mass is 480 g/mol. The van der Waals surface area contributed by atoms with Crippen LogP contribution < -0.4 is 5.32 Å². The van der Waals surface area contributed by atoms with E-state index in [9.17, 15) is 24.0 Å². The number of esters is 2. The first-order valence-electron chi connectivity index (χ1n) is 11.6. The second-order valence-corrected chi connectivity index (χ2v) is 8.04. The van der Waals surface area contributed by atoms with Gasteiger partial charge in [0.1, 0.15) is 0 Å². The van der Waals surface area contributed by atoms with Gasteiger partial charge in [0.05, 0.1) is 23.3 Å². The Morgan fingerprint density at radius 1 is 0.857 bits per heavy atom. The van der Waals surface area contributed by atoms with Gasteiger partial charge in [0, 0.05) is 18.7 Å². The van der Waals surface area contributed by atoms with Gasteiger partial charge < -0.3 is 14.8 Å². The Bertz CT molecular complexity index is 1060. The van der Waals surface area contributed by atoms with Gasteiger partial charge in [-0.2, -0.15) is 0 Å². The first-order valence-corrected chi connectivity index (χ1v) is 11.6. The number of imide groups is 1. The fraction of sp³-hybridized carbons (Fsp3) is 0.346. The predicted molar refractivity (Wildman–Crippen MR) is 127 cm³/mol. The number of amides is 3. The lowest BCUT2D eigenvalue weighted by Gasteiger charge is -2.13. The van der Waals surface area contributed by atoms with Crippen molar-refractivity contribution in [2.24, 2.45) is 0 Å². The molecule has 2 aromatic rings. The molecule has 3 rings (SSSR count). The molecule has 184 valence electrons. The molecule has 0 aliphatic carbocycles. The number of fused-ring (bicyclic) bond motifs is 1. The Hall–Kier alpha value is -4.01. The smallest absolute Gasteiger partial charge is 0.338 e. The minimum absolute atomic E-state index is 0.129. The summed E-state index contributed by atoms with van der Waals surface area (Å²) in [7, 11) is 0. The topological polar surface area (TPSA) is 119 Å². The molecule has 0 unspecified atom stereocenters. The zero-order valence-electron chi connectivity index (χ0n) is 19.6. The maximum absolute atomic E-state index is 12.3. The predicted octanol–water partition coefficient (Wildman–Crippen LogP) is 3.59. The second-order valence-electron chi connectivity index (χ2n) is 8.04. The van der Waals surface area contributed by atoms with E-state index in [-0.39, 0.29) is 18.2 Å². The van der Waals surface area contributed by atoms with Crippen molar-refractivity contribution in [1.29, 1.82) is 0 Å². The van der Waals surface area contributed by atoms with Crippen molar-refractivity contribution in [1.82, 2.24) is 4.90 Å². The number of nitrogens with zero attached hydrogens (tertiary/aromatic N) is 1. The van der Waals surface area contributed by atoms with Crippen LogP contribution in [-0.2, 0) is 19.1 Å². The summed E-state index contributed by atoms with van der Waals surface area (Å²) in [4.78, 5) is 61.6. The molecule has 0 aromatic heterocycles. The van der Waals surface area contributed by atoms with E-state index in [1.54, 1.807) is 48.5 Å². The molecule has 0 atom stereocenters. The molecule has 3 amide bonds. The lowest BCUT2D eigenvalue weighted by molar-refractivity contribution is -0.147. The van der Waals surface area contributed by atoms with Crippen molar-refractivity contribution in [3.05, 3.63) is 65.2 Å². The third-order valence-corrected chi connectivity index (χ3v) is 5.35. The van der Waals surface area contributed by atoms with Gasteiger partial charge in [0.15, 0.2) is 6.61 Å². The number of hydrogen-bond acceptors (Lipinski definition) is 7. The third-order valence-electron chi connectivity index (χ3n) is 5.35. The van der Waals surface area contributed by atoms with Gasteiger partial charge in [-0.25, -0.2) is 4.79 Å². The molecule has 0 fully saturated rings. The molecule has 35 heavy (non-hydrogen) atoms. The van der Waals surface area contributed by atoms with Crippen molar-refractivity contribution in [3.63, 3.8) is 0 Å². The van der Waals surface area contributed by atoms with Crippen molar-refractivity contribution in [2.75, 3.05) is 25.1 Å². The Morgan fingerprint density at radius 3 is 2.14 bits per heavy atom. The molecule has 0 radical (unpaired) electrons. The highest BCUT2D eigenvalue weighted by Gasteiger charge is 2.34. The van der Waals surface area contributed by atoms with E-state index in [2.05, 4.69) is 5.32 Å². The average molecular weight is 481 g/mol. The standard InChI is InChI=1S/C26H28N2O7/c1-2-16-34-26(33)18-11-13-19(14-12-18)27-22(29)17-35-23(30)10-4-3-7-15-28-24(31)20-8-5-6-9-21(20)25(28)32/h5-6,8-9,11-14H,2-4,7,10,15-17H2,1H3,(H,27,29). The van der Waals surface area contributed by atoms with Crippen LogP contribution in [0.1, 0.15) is 70.1 Å². The fourth-order valence-electron chi connectivity index (χ4n) is 3.54. The van der Waals surface area contributed by atoms with E-state index >= 15 is 0 Å². The summed E-state index contributed by atoms with van der Waals surface area (Å²) in [6, 6.07) is 12.9. The summed E-state index contributed by atoms with van der Waals surface area (Å²) in [6.45, 7) is 2.11. The molecule has 9 heteroatoms. The quantitative estimate of drug-likeness (QED) is 0.280. The normalized spacial score (nSPS) is 12.3. The molecule has 9 nitrogen and oxygen atoms in total. The number of hydrogen-bond donors (Lipinski definition) is 1. The molecular formula is C26H28N2O7. The van der Waals surface area contributed by atoms with Gasteiger partial charge in [-0.15, -0.1) is 0 Å². The summed E-state index contributed by atoms with van der Waals surface area (Å²) >= 11 is 0. The molecule has 0 saturated carbocycles. The maximum atomic E-state index is 12.3. The molecule has 0 saturated heterocycles. The SMILES string of the molecule is CCCOC(=O)c1ccc(NC(=O)COC(=O)CCCCCN2C(=O)c3ccccc3C2=O)cc1. The van der Waals surface area contributed by atoms with E-state index in [4.69, 9.17) is 9.47 Å². The summed E-state index contributed by atoms with van der Waals surface area (Å²) < 4.78 is 10.0. The number of rotatable bonds is 12. The van der Waals surface area contributed by atoms with Crippen molar-refractivity contribution < 1.29 is 33.4 Å². The van der Waals surface area contributed by atoms with E-state index in [1.165, 1.54) is 4.90 Å². The lowest BCUT2D eigenvalue weighted by Crippen LogP contribution is -2.30. The van der Waals surface area contributed by atoms with E-state index in [1.807, 2.05) is 6.92 Å². The zero-order valence-corrected chi connectivity index (χ0v) is 19.6. The van der Waals surface area contributed by atoms with E-state index in [0.717, 1.165) is 6.42 Å². The summed E-state index contributed by atoms with van der Waals surface area (Å²) in [6.07, 6.45) is 2.57. The van der Waals surface area contributed by atoms with Crippen LogP contribution in [0.3, 0.4) is 0 Å². The number of ether oxygens (including phenoxy) is 2. The number of anilines is 1. The molecule has 1 aliphatic heterocycles. The zero-order chi connectivity index (χ0) is 25.2. The molecule has 2 aromatic carbocycles. The van der Waals surface area contributed by atoms with Gasteiger partial charge in [-0.05, 0) is 55.7 Å². The van der Waals surface area contributed by atoms with Crippen LogP contribution in [0.2, 0.25) is 0 Å². The number of nitrogens with one attached hydrogen (secondary N) is 1. The van der Waals surface area contributed by atoms with Crippen LogP contribution in [0.5, 0.6) is 0 Å². The number of unbranched alkanes of at least 4 members (excludes halogenated alkanes) is 2. The van der Waals surface area contributed by atoms with Crippen LogP contribution in [0.15, 0.2) is 48.5 Å². The highest BCUT2D eigenvalue weighted by Crippen LogP contribution is 2.22. The van der Waals surface area contributed by atoms with Crippen LogP contribution in [0.4, 0.5) is 5.69 Å². The molecule has 0 bridgehead atoms. The van der Waals surface area contributed by atoms with Crippen molar-refractivity contribution in [3.8, 4) is 0 Å². The number of benzene rings is 2. The maximum Gasteiger partial charge on any atom is 0.338 e. The summed E-state index contributed by atoms with van der Waals surface area (Å²) in [5.74, 6) is -2.01. The lowest BCUT2D eigenvalue weighted by atomic mass is 10.1. The van der Waals surface area contributed by atoms with Gasteiger partial charge >= 0.3 is 11.9 Å². The van der Waals surface area contributed by atoms with Gasteiger partial charge in [0.25, 0.3) is 17.7 Å². The van der Waals surface area contributed by atoms with Crippen LogP contribution >= 0.6 is 0 Å². The van der Waals surface area contributed by atoms with Gasteiger partial charge in [-0.1, -0.05) is 25.5 Å². The van der Waals surface area contributed by atoms with Crippen LogP contribution in [0, 0.1) is 0 Å².